The normalized spacial score (nSPS) is 12.6. The largest absolute Gasteiger partial charge is 0.486 e. The molecule has 0 aromatic heterocycles. The van der Waals surface area contributed by atoms with E-state index in [-0.39, 0.29) is 16.8 Å². The highest BCUT2D eigenvalue weighted by Gasteiger charge is 2.21. The minimum absolute atomic E-state index is 0.159. The zero-order valence-electron chi connectivity index (χ0n) is 19.1. The van der Waals surface area contributed by atoms with E-state index in [1.807, 2.05) is 24.3 Å². The molecule has 0 spiro atoms. The Hall–Kier alpha value is -4.27. The van der Waals surface area contributed by atoms with E-state index in [0.29, 0.717) is 24.7 Å². The van der Waals surface area contributed by atoms with E-state index in [4.69, 9.17) is 14.2 Å². The van der Waals surface area contributed by atoms with E-state index in [2.05, 4.69) is 16.2 Å². The van der Waals surface area contributed by atoms with Gasteiger partial charge in [-0.3, -0.25) is 25.8 Å². The van der Waals surface area contributed by atoms with Gasteiger partial charge in [-0.1, -0.05) is 24.3 Å². The number of nitrogens with one attached hydrogen (secondary N) is 3. The van der Waals surface area contributed by atoms with Crippen LogP contribution in [0, 0.1) is 0 Å². The Labute approximate surface area is 196 Å². The Morgan fingerprint density at radius 3 is 2.18 bits per heavy atom. The summed E-state index contributed by atoms with van der Waals surface area (Å²) < 4.78 is 16.3. The number of ether oxygens (including phenoxy) is 3. The maximum atomic E-state index is 13.0. The molecule has 0 saturated heterocycles. The van der Waals surface area contributed by atoms with Crippen molar-refractivity contribution in [1.82, 2.24) is 10.9 Å². The summed E-state index contributed by atoms with van der Waals surface area (Å²) in [6.07, 6.45) is -0.697. The monoisotopic (exact) mass is 463 g/mol. The molecule has 0 bridgehead atoms. The fraction of sp³-hybridized carbons (Fsp3) is 0.240. The first kappa shape index (κ1) is 22.9. The molecule has 9 nitrogen and oxygen atoms in total. The number of fused-ring (bicyclic) bond motifs is 2. The fourth-order valence-electron chi connectivity index (χ4n) is 3.38. The summed E-state index contributed by atoms with van der Waals surface area (Å²) >= 11 is 0. The third-order valence-corrected chi connectivity index (χ3v) is 4.86. The number of hydrogen-bond acceptors (Lipinski definition) is 6. The van der Waals surface area contributed by atoms with Gasteiger partial charge in [-0.15, -0.1) is 0 Å². The molecule has 0 saturated carbocycles. The number of benzene rings is 3. The zero-order valence-corrected chi connectivity index (χ0v) is 19.1. The standard InChI is InChI=1S/C25H25N3O6/c1-25(2,3)34-24(31)26-19-13-16-7-5-4-6-15(16)12-18(19)23(30)28-27-22(29)17-8-9-20-21(14-17)33-11-10-32-20/h4-9,12-14H,10-11H2,1-3H3,(H,26,31)(H,27,29)(H,28,30). The van der Waals surface area contributed by atoms with Crippen molar-refractivity contribution < 1.29 is 28.6 Å². The smallest absolute Gasteiger partial charge is 0.412 e. The van der Waals surface area contributed by atoms with Crippen molar-refractivity contribution >= 4 is 34.4 Å². The number of hydrogen-bond donors (Lipinski definition) is 3. The molecular formula is C25H25N3O6. The Kier molecular flexibility index (Phi) is 6.27. The first-order valence-corrected chi connectivity index (χ1v) is 10.7. The Morgan fingerprint density at radius 1 is 0.824 bits per heavy atom. The van der Waals surface area contributed by atoms with Gasteiger partial charge in [0.25, 0.3) is 11.8 Å². The van der Waals surface area contributed by atoms with Gasteiger partial charge in [0.1, 0.15) is 18.8 Å². The van der Waals surface area contributed by atoms with E-state index in [0.717, 1.165) is 10.8 Å². The summed E-state index contributed by atoms with van der Waals surface area (Å²) in [5.74, 6) is -0.125. The number of carbonyl (C=O) groups excluding carboxylic acids is 3. The van der Waals surface area contributed by atoms with Gasteiger partial charge in [0, 0.05) is 5.56 Å². The van der Waals surface area contributed by atoms with Crippen LogP contribution in [0.5, 0.6) is 11.5 Å². The summed E-state index contributed by atoms with van der Waals surface area (Å²) in [5.41, 5.74) is 4.78. The van der Waals surface area contributed by atoms with Crippen molar-refractivity contribution in [2.75, 3.05) is 18.5 Å². The van der Waals surface area contributed by atoms with Crippen molar-refractivity contribution in [1.29, 1.82) is 0 Å². The lowest BCUT2D eigenvalue weighted by Crippen LogP contribution is -2.42. The quantitative estimate of drug-likeness (QED) is 0.505. The van der Waals surface area contributed by atoms with Gasteiger partial charge < -0.3 is 14.2 Å². The van der Waals surface area contributed by atoms with Gasteiger partial charge in [0.15, 0.2) is 11.5 Å². The second-order valence-electron chi connectivity index (χ2n) is 8.64. The highest BCUT2D eigenvalue weighted by atomic mass is 16.6. The van der Waals surface area contributed by atoms with E-state index in [1.165, 1.54) is 0 Å². The van der Waals surface area contributed by atoms with Crippen LogP contribution in [0.15, 0.2) is 54.6 Å². The summed E-state index contributed by atoms with van der Waals surface area (Å²) in [5, 5.41) is 4.25. The molecule has 3 aromatic rings. The highest BCUT2D eigenvalue weighted by Crippen LogP contribution is 2.30. The average Bonchev–Trinajstić information content (AvgIpc) is 2.80. The van der Waals surface area contributed by atoms with Crippen LogP contribution < -0.4 is 25.6 Å². The molecule has 4 rings (SSSR count). The minimum atomic E-state index is -0.707. The molecule has 3 aromatic carbocycles. The van der Waals surface area contributed by atoms with Crippen molar-refractivity contribution in [2.24, 2.45) is 0 Å². The Morgan fingerprint density at radius 2 is 1.47 bits per heavy atom. The van der Waals surface area contributed by atoms with Crippen molar-refractivity contribution in [2.45, 2.75) is 26.4 Å². The predicted molar refractivity (Wildman–Crippen MR) is 126 cm³/mol. The topological polar surface area (TPSA) is 115 Å². The minimum Gasteiger partial charge on any atom is -0.486 e. The second-order valence-corrected chi connectivity index (χ2v) is 8.64. The van der Waals surface area contributed by atoms with Gasteiger partial charge in [0.05, 0.1) is 11.3 Å². The molecule has 1 heterocycles. The molecule has 34 heavy (non-hydrogen) atoms. The third kappa shape index (κ3) is 5.37. The van der Waals surface area contributed by atoms with Crippen LogP contribution in [0.3, 0.4) is 0 Å². The van der Waals surface area contributed by atoms with Crippen LogP contribution in [0.4, 0.5) is 10.5 Å². The third-order valence-electron chi connectivity index (χ3n) is 4.86. The van der Waals surface area contributed by atoms with Crippen LogP contribution in [-0.4, -0.2) is 36.7 Å². The predicted octanol–water partition coefficient (Wildman–Crippen LogP) is 4.03. The van der Waals surface area contributed by atoms with Crippen molar-refractivity contribution in [3.63, 3.8) is 0 Å². The van der Waals surface area contributed by atoms with Gasteiger partial charge >= 0.3 is 6.09 Å². The number of hydrazine groups is 1. The SMILES string of the molecule is CC(C)(C)OC(=O)Nc1cc2ccccc2cc1C(=O)NNC(=O)c1ccc2c(c1)OCCO2. The zero-order chi connectivity index (χ0) is 24.3. The number of amides is 3. The average molecular weight is 463 g/mol. The van der Waals surface area contributed by atoms with Crippen LogP contribution in [0.2, 0.25) is 0 Å². The molecule has 1 aliphatic heterocycles. The highest BCUT2D eigenvalue weighted by molar-refractivity contribution is 6.08. The van der Waals surface area contributed by atoms with Crippen LogP contribution >= 0.6 is 0 Å². The molecule has 3 N–H and O–H groups in total. The van der Waals surface area contributed by atoms with E-state index in [9.17, 15) is 14.4 Å². The maximum absolute atomic E-state index is 13.0. The second kappa shape index (κ2) is 9.30. The molecule has 9 heteroatoms. The number of anilines is 1. The van der Waals surface area contributed by atoms with E-state index < -0.39 is 23.5 Å². The van der Waals surface area contributed by atoms with Crippen molar-refractivity contribution in [3.05, 3.63) is 65.7 Å². The fourth-order valence-corrected chi connectivity index (χ4v) is 3.38. The van der Waals surface area contributed by atoms with Crippen LogP contribution in [0.25, 0.3) is 10.8 Å². The molecule has 0 radical (unpaired) electrons. The molecule has 0 unspecified atom stereocenters. The molecule has 0 aliphatic carbocycles. The molecule has 0 atom stereocenters. The molecule has 3 amide bonds. The maximum Gasteiger partial charge on any atom is 0.412 e. The van der Waals surface area contributed by atoms with Gasteiger partial charge in [-0.05, 0) is 61.9 Å². The summed E-state index contributed by atoms with van der Waals surface area (Å²) in [6.45, 7) is 6.07. The Bertz CT molecular complexity index is 1270. The lowest BCUT2D eigenvalue weighted by molar-refractivity contribution is 0.0635. The number of carbonyl (C=O) groups is 3. The first-order valence-electron chi connectivity index (χ1n) is 10.7. The van der Waals surface area contributed by atoms with Gasteiger partial charge in [-0.25, -0.2) is 4.79 Å². The first-order chi connectivity index (χ1) is 16.2. The summed E-state index contributed by atoms with van der Waals surface area (Å²) in [4.78, 5) is 37.9. The molecule has 176 valence electrons. The lowest BCUT2D eigenvalue weighted by atomic mass is 10.0. The number of rotatable bonds is 3. The molecule has 1 aliphatic rings. The molecular weight excluding hydrogens is 438 g/mol. The van der Waals surface area contributed by atoms with Crippen LogP contribution in [-0.2, 0) is 4.74 Å². The summed E-state index contributed by atoms with van der Waals surface area (Å²) in [6, 6.07) is 15.5. The van der Waals surface area contributed by atoms with Gasteiger partial charge in [-0.2, -0.15) is 0 Å². The lowest BCUT2D eigenvalue weighted by Gasteiger charge is -2.21. The molecule has 0 fully saturated rings. The summed E-state index contributed by atoms with van der Waals surface area (Å²) in [7, 11) is 0. The van der Waals surface area contributed by atoms with E-state index in [1.54, 1.807) is 51.1 Å². The Balaban J connectivity index is 1.52. The van der Waals surface area contributed by atoms with E-state index >= 15 is 0 Å². The van der Waals surface area contributed by atoms with Crippen molar-refractivity contribution in [3.8, 4) is 11.5 Å². The van der Waals surface area contributed by atoms with Crippen LogP contribution in [0.1, 0.15) is 41.5 Å². The van der Waals surface area contributed by atoms with Gasteiger partial charge in [0.2, 0.25) is 0 Å².